The first-order valence-corrected chi connectivity index (χ1v) is 3.85. The molecule has 1 N–H and O–H groups in total. The lowest BCUT2D eigenvalue weighted by molar-refractivity contribution is -0.413. The molecule has 12 heavy (non-hydrogen) atoms. The minimum atomic E-state index is -0.0214. The molecule has 0 aliphatic heterocycles. The summed E-state index contributed by atoms with van der Waals surface area (Å²) in [6, 6.07) is 0. The Morgan fingerprint density at radius 1 is 1.50 bits per heavy atom. The van der Waals surface area contributed by atoms with Gasteiger partial charge < -0.3 is 5.32 Å². The fraction of sp³-hybridized carbons (Fsp3) is 0.625. The van der Waals surface area contributed by atoms with E-state index in [1.807, 2.05) is 0 Å². The Labute approximate surface area is 72.3 Å². The van der Waals surface area contributed by atoms with Crippen molar-refractivity contribution in [1.82, 2.24) is 5.32 Å². The Morgan fingerprint density at radius 3 is 2.50 bits per heavy atom. The van der Waals surface area contributed by atoms with Crippen molar-refractivity contribution in [3.05, 3.63) is 0 Å². The van der Waals surface area contributed by atoms with E-state index in [0.29, 0.717) is 12.8 Å². The largest absolute Gasteiger partial charge is 0.383 e. The molecule has 0 radical (unpaired) electrons. The Morgan fingerprint density at radius 2 is 2.08 bits per heavy atom. The predicted octanol–water partition coefficient (Wildman–Crippen LogP) is -0.228. The molecule has 0 saturated carbocycles. The molecule has 2 amide bonds. The lowest BCUT2D eigenvalue weighted by Gasteiger charge is -1.93. The van der Waals surface area contributed by atoms with Gasteiger partial charge in [-0.15, -0.1) is 0 Å². The van der Waals surface area contributed by atoms with Crippen molar-refractivity contribution in [2.45, 2.75) is 19.8 Å². The maximum absolute atomic E-state index is 10.7. The second kappa shape index (κ2) is 5.46. The average molecular weight is 171 g/mol. The smallest absolute Gasteiger partial charge is 0.359 e. The maximum Gasteiger partial charge on any atom is 0.383 e. The van der Waals surface area contributed by atoms with E-state index in [9.17, 15) is 9.59 Å². The fourth-order valence-corrected chi connectivity index (χ4v) is 0.643. The van der Waals surface area contributed by atoms with Crippen LogP contribution < -0.4 is 5.32 Å². The first-order valence-electron chi connectivity index (χ1n) is 3.85. The quantitative estimate of drug-likeness (QED) is 0.471. The number of hydrogen-bond acceptors (Lipinski definition) is 2. The SMILES string of the molecule is CNC(=O)CCC=[N+](C)C(C)=O. The molecule has 0 aliphatic rings. The molecular formula is C8H15N2O2+. The van der Waals surface area contributed by atoms with Crippen molar-refractivity contribution in [2.75, 3.05) is 14.1 Å². The topological polar surface area (TPSA) is 49.2 Å². The van der Waals surface area contributed by atoms with E-state index in [-0.39, 0.29) is 11.8 Å². The summed E-state index contributed by atoms with van der Waals surface area (Å²) < 4.78 is 1.48. The summed E-state index contributed by atoms with van der Waals surface area (Å²) in [5.74, 6) is -0.0323. The Kier molecular flexibility index (Phi) is 4.92. The molecule has 0 aliphatic carbocycles. The molecule has 0 saturated heterocycles. The van der Waals surface area contributed by atoms with Crippen LogP contribution in [0.5, 0.6) is 0 Å². The first-order chi connectivity index (χ1) is 5.57. The average Bonchev–Trinajstić information content (AvgIpc) is 2.03. The van der Waals surface area contributed by atoms with Gasteiger partial charge in [0.15, 0.2) is 0 Å². The van der Waals surface area contributed by atoms with E-state index in [4.69, 9.17) is 0 Å². The molecule has 0 aromatic rings. The number of carbonyl (C=O) groups is 2. The zero-order valence-electron chi connectivity index (χ0n) is 7.76. The van der Waals surface area contributed by atoms with Gasteiger partial charge in [0.25, 0.3) is 0 Å². The van der Waals surface area contributed by atoms with Crippen molar-refractivity contribution in [2.24, 2.45) is 0 Å². The summed E-state index contributed by atoms with van der Waals surface area (Å²) in [4.78, 5) is 21.4. The Balaban J connectivity index is 3.75. The Bertz CT molecular complexity index is 209. The normalized spacial score (nSPS) is 11.1. The highest BCUT2D eigenvalue weighted by atomic mass is 16.2. The number of amides is 2. The third kappa shape index (κ3) is 4.60. The van der Waals surface area contributed by atoms with Gasteiger partial charge in [0.1, 0.15) is 13.3 Å². The van der Waals surface area contributed by atoms with Crippen molar-refractivity contribution >= 4 is 18.0 Å². The molecule has 0 aromatic carbocycles. The van der Waals surface area contributed by atoms with E-state index in [2.05, 4.69) is 5.32 Å². The molecular weight excluding hydrogens is 156 g/mol. The third-order valence-corrected chi connectivity index (χ3v) is 1.55. The third-order valence-electron chi connectivity index (χ3n) is 1.55. The number of rotatable bonds is 3. The van der Waals surface area contributed by atoms with E-state index < -0.39 is 0 Å². The van der Waals surface area contributed by atoms with Crippen LogP contribution in [0.4, 0.5) is 0 Å². The van der Waals surface area contributed by atoms with Crippen LogP contribution in [0.25, 0.3) is 0 Å². The molecule has 0 aromatic heterocycles. The highest BCUT2D eigenvalue weighted by Crippen LogP contribution is 1.84. The summed E-state index contributed by atoms with van der Waals surface area (Å²) in [7, 11) is 3.27. The van der Waals surface area contributed by atoms with E-state index >= 15 is 0 Å². The molecule has 0 bridgehead atoms. The summed E-state index contributed by atoms with van der Waals surface area (Å²) >= 11 is 0. The van der Waals surface area contributed by atoms with Crippen molar-refractivity contribution < 1.29 is 14.2 Å². The Hall–Kier alpha value is -1.19. The van der Waals surface area contributed by atoms with Gasteiger partial charge in [-0.2, -0.15) is 4.58 Å². The van der Waals surface area contributed by atoms with Gasteiger partial charge in [0.2, 0.25) is 5.91 Å². The minimum Gasteiger partial charge on any atom is -0.359 e. The lowest BCUT2D eigenvalue weighted by Crippen LogP contribution is -2.19. The van der Waals surface area contributed by atoms with E-state index in [1.165, 1.54) is 11.5 Å². The summed E-state index contributed by atoms with van der Waals surface area (Å²) in [5.41, 5.74) is 0. The minimum absolute atomic E-state index is 0.0109. The zero-order chi connectivity index (χ0) is 9.56. The molecule has 0 heterocycles. The van der Waals surface area contributed by atoms with Gasteiger partial charge in [0.05, 0.1) is 6.92 Å². The second-order valence-electron chi connectivity index (χ2n) is 2.52. The van der Waals surface area contributed by atoms with Crippen LogP contribution in [-0.2, 0) is 9.59 Å². The molecule has 0 spiro atoms. The van der Waals surface area contributed by atoms with Gasteiger partial charge in [-0.1, -0.05) is 0 Å². The number of hydrogen-bond donors (Lipinski definition) is 1. The molecule has 4 heteroatoms. The van der Waals surface area contributed by atoms with Crippen LogP contribution in [0.3, 0.4) is 0 Å². The zero-order valence-corrected chi connectivity index (χ0v) is 7.76. The van der Waals surface area contributed by atoms with Crippen LogP contribution in [0.1, 0.15) is 19.8 Å². The summed E-state index contributed by atoms with van der Waals surface area (Å²) in [6.07, 6.45) is 2.72. The van der Waals surface area contributed by atoms with Gasteiger partial charge >= 0.3 is 5.91 Å². The van der Waals surface area contributed by atoms with Crippen LogP contribution in [0, 0.1) is 0 Å². The number of nitrogens with one attached hydrogen (secondary N) is 1. The second-order valence-corrected chi connectivity index (χ2v) is 2.52. The van der Waals surface area contributed by atoms with Crippen LogP contribution >= 0.6 is 0 Å². The summed E-state index contributed by atoms with van der Waals surface area (Å²) in [5, 5.41) is 2.51. The molecule has 4 nitrogen and oxygen atoms in total. The monoisotopic (exact) mass is 171 g/mol. The van der Waals surface area contributed by atoms with Crippen molar-refractivity contribution in [3.8, 4) is 0 Å². The van der Waals surface area contributed by atoms with Crippen molar-refractivity contribution in [3.63, 3.8) is 0 Å². The van der Waals surface area contributed by atoms with E-state index in [0.717, 1.165) is 0 Å². The summed E-state index contributed by atoms with van der Waals surface area (Å²) in [6.45, 7) is 1.48. The molecule has 0 fully saturated rings. The standard InChI is InChI=1S/C8H14N2O2/c1-7(11)10(3)6-4-5-8(12)9-2/h6H,4-5H2,1-3H3/p+1. The molecule has 0 atom stereocenters. The number of carbonyl (C=O) groups excluding carboxylic acids is 2. The van der Waals surface area contributed by atoms with Gasteiger partial charge in [0, 0.05) is 19.9 Å². The molecule has 68 valence electrons. The van der Waals surface area contributed by atoms with E-state index in [1.54, 1.807) is 20.3 Å². The molecule has 0 unspecified atom stereocenters. The first kappa shape index (κ1) is 10.8. The van der Waals surface area contributed by atoms with Gasteiger partial charge in [-0.3, -0.25) is 4.79 Å². The fourth-order valence-electron chi connectivity index (χ4n) is 0.643. The van der Waals surface area contributed by atoms with Crippen LogP contribution in [-0.4, -0.2) is 36.7 Å². The van der Waals surface area contributed by atoms with Crippen LogP contribution in [0.2, 0.25) is 0 Å². The number of nitrogens with zero attached hydrogens (tertiary/aromatic N) is 1. The maximum atomic E-state index is 10.7. The predicted molar refractivity (Wildman–Crippen MR) is 46.2 cm³/mol. The lowest BCUT2D eigenvalue weighted by atomic mass is 10.3. The van der Waals surface area contributed by atoms with Gasteiger partial charge in [-0.05, 0) is 0 Å². The highest BCUT2D eigenvalue weighted by molar-refractivity contribution is 5.78. The highest BCUT2D eigenvalue weighted by Gasteiger charge is 2.03. The van der Waals surface area contributed by atoms with Gasteiger partial charge in [-0.25, -0.2) is 4.79 Å². The van der Waals surface area contributed by atoms with Crippen molar-refractivity contribution in [1.29, 1.82) is 0 Å². The molecule has 0 rings (SSSR count). The van der Waals surface area contributed by atoms with Crippen LogP contribution in [0.15, 0.2) is 0 Å².